The molecular weight excluding hydrogens is 370 g/mol. The first-order chi connectivity index (χ1) is 13.8. The SMILES string of the molecule is COc1ccccc1/C=C1\S/C(=N/c2ccccn2)N(C2CCCCC2)C1=O. The van der Waals surface area contributed by atoms with E-state index in [2.05, 4.69) is 4.98 Å². The summed E-state index contributed by atoms with van der Waals surface area (Å²) >= 11 is 1.42. The molecule has 0 unspecified atom stereocenters. The van der Waals surface area contributed by atoms with E-state index in [1.54, 1.807) is 13.3 Å². The smallest absolute Gasteiger partial charge is 0.267 e. The third-order valence-electron chi connectivity index (χ3n) is 5.06. The van der Waals surface area contributed by atoms with Crippen LogP contribution in [0.1, 0.15) is 37.7 Å². The van der Waals surface area contributed by atoms with Gasteiger partial charge in [0.2, 0.25) is 0 Å². The maximum Gasteiger partial charge on any atom is 0.267 e. The zero-order valence-electron chi connectivity index (χ0n) is 15.9. The molecule has 1 aromatic carbocycles. The van der Waals surface area contributed by atoms with Crippen molar-refractivity contribution in [3.8, 4) is 5.75 Å². The van der Waals surface area contributed by atoms with Gasteiger partial charge in [0.25, 0.3) is 5.91 Å². The molecule has 0 N–H and O–H groups in total. The summed E-state index contributed by atoms with van der Waals surface area (Å²) < 4.78 is 5.44. The Balaban J connectivity index is 1.71. The Bertz CT molecular complexity index is 905. The first-order valence-corrected chi connectivity index (χ1v) is 10.4. The van der Waals surface area contributed by atoms with E-state index in [9.17, 15) is 4.79 Å². The normalized spacial score (nSPS) is 20.9. The monoisotopic (exact) mass is 393 g/mol. The van der Waals surface area contributed by atoms with Gasteiger partial charge < -0.3 is 4.74 Å². The molecule has 144 valence electrons. The van der Waals surface area contributed by atoms with Crippen LogP contribution in [-0.4, -0.2) is 34.1 Å². The number of para-hydroxylation sites is 1. The van der Waals surface area contributed by atoms with Crippen molar-refractivity contribution in [1.82, 2.24) is 9.88 Å². The number of rotatable bonds is 4. The molecule has 5 nitrogen and oxygen atoms in total. The first kappa shape index (κ1) is 18.7. The predicted molar refractivity (Wildman–Crippen MR) is 114 cm³/mol. The molecule has 2 aromatic rings. The second-order valence-electron chi connectivity index (χ2n) is 6.90. The number of hydrogen-bond donors (Lipinski definition) is 0. The van der Waals surface area contributed by atoms with Crippen LogP contribution < -0.4 is 4.74 Å². The predicted octanol–water partition coefficient (Wildman–Crippen LogP) is 5.03. The summed E-state index contributed by atoms with van der Waals surface area (Å²) in [4.78, 5) is 24.9. The molecule has 1 aliphatic heterocycles. The molecule has 1 saturated carbocycles. The number of thioether (sulfide) groups is 1. The molecule has 0 radical (unpaired) electrons. The Hall–Kier alpha value is -2.60. The lowest BCUT2D eigenvalue weighted by Crippen LogP contribution is -2.40. The van der Waals surface area contributed by atoms with Crippen LogP contribution in [-0.2, 0) is 4.79 Å². The summed E-state index contributed by atoms with van der Waals surface area (Å²) in [6, 6.07) is 13.6. The maximum absolute atomic E-state index is 13.3. The van der Waals surface area contributed by atoms with Crippen molar-refractivity contribution in [3.05, 3.63) is 59.1 Å². The molecule has 0 atom stereocenters. The minimum atomic E-state index is 0.0255. The van der Waals surface area contributed by atoms with Crippen molar-refractivity contribution in [3.63, 3.8) is 0 Å². The second kappa shape index (κ2) is 8.61. The molecule has 2 heterocycles. The van der Waals surface area contributed by atoms with Gasteiger partial charge in [0, 0.05) is 17.8 Å². The van der Waals surface area contributed by atoms with Gasteiger partial charge in [0.05, 0.1) is 12.0 Å². The molecule has 1 aromatic heterocycles. The van der Waals surface area contributed by atoms with Crippen molar-refractivity contribution in [1.29, 1.82) is 0 Å². The Morgan fingerprint density at radius 3 is 2.68 bits per heavy atom. The molecule has 4 rings (SSSR count). The number of carbonyl (C=O) groups excluding carboxylic acids is 1. The van der Waals surface area contributed by atoms with E-state index < -0.39 is 0 Å². The second-order valence-corrected chi connectivity index (χ2v) is 7.91. The number of pyridine rings is 1. The number of aliphatic imine (C=N–C) groups is 1. The minimum Gasteiger partial charge on any atom is -0.496 e. The summed E-state index contributed by atoms with van der Waals surface area (Å²) in [6.45, 7) is 0. The van der Waals surface area contributed by atoms with E-state index >= 15 is 0 Å². The lowest BCUT2D eigenvalue weighted by atomic mass is 9.94. The van der Waals surface area contributed by atoms with Gasteiger partial charge in [-0.3, -0.25) is 9.69 Å². The number of hydrogen-bond acceptors (Lipinski definition) is 5. The van der Waals surface area contributed by atoms with E-state index in [0.717, 1.165) is 42.2 Å². The molecule has 2 fully saturated rings. The van der Waals surface area contributed by atoms with Crippen LogP contribution in [0.5, 0.6) is 5.75 Å². The summed E-state index contributed by atoms with van der Waals surface area (Å²) in [5, 5.41) is 0.719. The fourth-order valence-electron chi connectivity index (χ4n) is 3.67. The molecule has 1 amide bonds. The molecule has 2 aliphatic rings. The Labute approximate surface area is 169 Å². The number of nitrogens with zero attached hydrogens (tertiary/aromatic N) is 3. The highest BCUT2D eigenvalue weighted by Crippen LogP contribution is 2.39. The van der Waals surface area contributed by atoms with Crippen LogP contribution in [0.4, 0.5) is 5.82 Å². The highest BCUT2D eigenvalue weighted by molar-refractivity contribution is 8.18. The standard InChI is InChI=1S/C22H23N3O2S/c1-27-18-12-6-5-9-16(18)15-19-21(26)25(17-10-3-2-4-11-17)22(28-19)24-20-13-7-8-14-23-20/h5-9,12-15,17H,2-4,10-11H2,1H3/b19-15-,24-22+. The van der Waals surface area contributed by atoms with E-state index in [-0.39, 0.29) is 11.9 Å². The zero-order valence-corrected chi connectivity index (χ0v) is 16.7. The molecule has 1 saturated heterocycles. The van der Waals surface area contributed by atoms with Crippen molar-refractivity contribution >= 4 is 34.7 Å². The highest BCUT2D eigenvalue weighted by Gasteiger charge is 2.38. The fourth-order valence-corrected chi connectivity index (χ4v) is 4.71. The third kappa shape index (κ3) is 3.97. The zero-order chi connectivity index (χ0) is 19.3. The van der Waals surface area contributed by atoms with Gasteiger partial charge >= 0.3 is 0 Å². The van der Waals surface area contributed by atoms with Crippen LogP contribution in [0, 0.1) is 0 Å². The van der Waals surface area contributed by atoms with Gasteiger partial charge in [0.15, 0.2) is 11.0 Å². The van der Waals surface area contributed by atoms with Gasteiger partial charge in [-0.25, -0.2) is 9.98 Å². The van der Waals surface area contributed by atoms with E-state index in [1.807, 2.05) is 53.4 Å². The molecule has 28 heavy (non-hydrogen) atoms. The topological polar surface area (TPSA) is 54.8 Å². The van der Waals surface area contributed by atoms with Gasteiger partial charge in [-0.1, -0.05) is 43.5 Å². The van der Waals surface area contributed by atoms with Crippen LogP contribution >= 0.6 is 11.8 Å². The number of aromatic nitrogens is 1. The number of carbonyl (C=O) groups is 1. The highest BCUT2D eigenvalue weighted by atomic mass is 32.2. The van der Waals surface area contributed by atoms with Crippen molar-refractivity contribution in [2.45, 2.75) is 38.1 Å². The largest absolute Gasteiger partial charge is 0.496 e. The van der Waals surface area contributed by atoms with Crippen LogP contribution in [0.15, 0.2) is 58.6 Å². The molecule has 0 spiro atoms. The number of amides is 1. The molecule has 1 aliphatic carbocycles. The van der Waals surface area contributed by atoms with Gasteiger partial charge in [-0.2, -0.15) is 0 Å². The number of ether oxygens (including phenoxy) is 1. The van der Waals surface area contributed by atoms with Crippen LogP contribution in [0.25, 0.3) is 6.08 Å². The van der Waals surface area contributed by atoms with Crippen LogP contribution in [0.2, 0.25) is 0 Å². The van der Waals surface area contributed by atoms with E-state index in [0.29, 0.717) is 10.7 Å². The average molecular weight is 394 g/mol. The summed E-state index contributed by atoms with van der Waals surface area (Å²) in [5.41, 5.74) is 0.892. The molecular formula is C22H23N3O2S. The summed E-state index contributed by atoms with van der Waals surface area (Å²) in [7, 11) is 1.64. The molecule has 0 bridgehead atoms. The summed E-state index contributed by atoms with van der Waals surface area (Å²) in [6.07, 6.45) is 9.22. The average Bonchev–Trinajstić information content (AvgIpc) is 3.04. The van der Waals surface area contributed by atoms with E-state index in [4.69, 9.17) is 9.73 Å². The van der Waals surface area contributed by atoms with Crippen molar-refractivity contribution < 1.29 is 9.53 Å². The van der Waals surface area contributed by atoms with E-state index in [1.165, 1.54) is 18.2 Å². The Morgan fingerprint density at radius 2 is 1.93 bits per heavy atom. The number of amidine groups is 1. The maximum atomic E-state index is 13.3. The first-order valence-electron chi connectivity index (χ1n) is 9.62. The van der Waals surface area contributed by atoms with Gasteiger partial charge in [-0.05, 0) is 48.9 Å². The Morgan fingerprint density at radius 1 is 1.14 bits per heavy atom. The number of benzene rings is 1. The fraction of sp³-hybridized carbons (Fsp3) is 0.318. The Kier molecular flexibility index (Phi) is 5.76. The van der Waals surface area contributed by atoms with Crippen LogP contribution in [0.3, 0.4) is 0 Å². The van der Waals surface area contributed by atoms with Crippen molar-refractivity contribution in [2.75, 3.05) is 7.11 Å². The van der Waals surface area contributed by atoms with Crippen molar-refractivity contribution in [2.24, 2.45) is 4.99 Å². The summed E-state index contributed by atoms with van der Waals surface area (Å²) in [5.74, 6) is 1.40. The minimum absolute atomic E-state index is 0.0255. The third-order valence-corrected chi connectivity index (χ3v) is 6.04. The van der Waals surface area contributed by atoms with Gasteiger partial charge in [-0.15, -0.1) is 0 Å². The van der Waals surface area contributed by atoms with Gasteiger partial charge in [0.1, 0.15) is 5.75 Å². The lowest BCUT2D eigenvalue weighted by Gasteiger charge is -2.30. The molecule has 6 heteroatoms. The quantitative estimate of drug-likeness (QED) is 0.684. The number of methoxy groups -OCH3 is 1. The lowest BCUT2D eigenvalue weighted by molar-refractivity contribution is -0.124.